The van der Waals surface area contributed by atoms with Gasteiger partial charge in [0.15, 0.2) is 0 Å². The zero-order chi connectivity index (χ0) is 13.8. The summed E-state index contributed by atoms with van der Waals surface area (Å²) in [5, 5.41) is 9.20. The number of rotatable bonds is 2. The summed E-state index contributed by atoms with van der Waals surface area (Å²) in [7, 11) is 0. The molecule has 19 heavy (non-hydrogen) atoms. The number of carboxylic acid groups (broad SMARTS) is 1. The highest BCUT2D eigenvalue weighted by molar-refractivity contribution is 5.92. The topological polar surface area (TPSA) is 66.8 Å². The molecule has 3 rings (SSSR count). The number of carbonyl (C=O) groups is 2. The van der Waals surface area contributed by atoms with Crippen molar-refractivity contribution in [2.45, 2.75) is 45.3 Å². The van der Waals surface area contributed by atoms with Crippen LogP contribution in [0.25, 0.3) is 0 Å². The number of amides is 1. The Morgan fingerprint density at radius 3 is 2.63 bits per heavy atom. The van der Waals surface area contributed by atoms with Crippen molar-refractivity contribution >= 4 is 11.9 Å². The quantitative estimate of drug-likeness (QED) is 0.814. The average molecular weight is 267 g/mol. The zero-order valence-electron chi connectivity index (χ0n) is 11.5. The number of fused-ring (bicyclic) bond motifs is 1. The Bertz CT molecular complexity index is 420. The van der Waals surface area contributed by atoms with Crippen LogP contribution in [0.3, 0.4) is 0 Å². The van der Waals surface area contributed by atoms with Gasteiger partial charge in [-0.1, -0.05) is 13.8 Å². The van der Waals surface area contributed by atoms with Crippen molar-refractivity contribution in [3.8, 4) is 0 Å². The molecule has 1 aliphatic heterocycles. The minimum atomic E-state index is -0.848. The Kier molecular flexibility index (Phi) is 2.85. The van der Waals surface area contributed by atoms with Crippen LogP contribution in [0.15, 0.2) is 0 Å². The molecule has 4 atom stereocenters. The van der Waals surface area contributed by atoms with E-state index in [9.17, 15) is 14.7 Å². The maximum Gasteiger partial charge on any atom is 0.307 e. The van der Waals surface area contributed by atoms with Gasteiger partial charge in [0.25, 0.3) is 0 Å². The van der Waals surface area contributed by atoms with Gasteiger partial charge in [-0.05, 0) is 24.7 Å². The Hall–Kier alpha value is -1.10. The summed E-state index contributed by atoms with van der Waals surface area (Å²) < 4.78 is 5.70. The third-order valence-electron chi connectivity index (χ3n) is 5.12. The molecular weight excluding hydrogens is 246 g/mol. The average Bonchev–Trinajstić information content (AvgIpc) is 2.74. The van der Waals surface area contributed by atoms with Crippen LogP contribution in [0.4, 0.5) is 0 Å². The van der Waals surface area contributed by atoms with Crippen LogP contribution >= 0.6 is 0 Å². The van der Waals surface area contributed by atoms with Gasteiger partial charge in [-0.3, -0.25) is 9.59 Å². The highest BCUT2D eigenvalue weighted by Crippen LogP contribution is 2.59. The number of morpholine rings is 1. The van der Waals surface area contributed by atoms with E-state index in [4.69, 9.17) is 4.74 Å². The minimum Gasteiger partial charge on any atom is -0.481 e. The SMILES string of the molecule is CC1(C)C(C(=O)O)C1C(=O)N1CCOC2CCCC21. The van der Waals surface area contributed by atoms with E-state index in [0.717, 1.165) is 19.3 Å². The van der Waals surface area contributed by atoms with Crippen LogP contribution in [0.1, 0.15) is 33.1 Å². The lowest BCUT2D eigenvalue weighted by molar-refractivity contribution is -0.148. The lowest BCUT2D eigenvalue weighted by Gasteiger charge is -2.38. The molecule has 0 bridgehead atoms. The first kappa shape index (κ1) is 12.9. The first-order valence-corrected chi connectivity index (χ1v) is 7.09. The maximum atomic E-state index is 12.6. The number of aliphatic carboxylic acids is 1. The monoisotopic (exact) mass is 267 g/mol. The Morgan fingerprint density at radius 2 is 2.00 bits per heavy atom. The summed E-state index contributed by atoms with van der Waals surface area (Å²) in [4.78, 5) is 25.7. The van der Waals surface area contributed by atoms with Gasteiger partial charge in [0, 0.05) is 6.54 Å². The Morgan fingerprint density at radius 1 is 1.26 bits per heavy atom. The zero-order valence-corrected chi connectivity index (χ0v) is 11.5. The predicted molar refractivity (Wildman–Crippen MR) is 67.5 cm³/mol. The molecule has 2 saturated carbocycles. The highest BCUT2D eigenvalue weighted by Gasteiger charge is 2.67. The molecule has 1 heterocycles. The molecule has 1 amide bonds. The van der Waals surface area contributed by atoms with E-state index in [1.807, 2.05) is 18.7 Å². The molecule has 2 aliphatic carbocycles. The van der Waals surface area contributed by atoms with Crippen molar-refractivity contribution < 1.29 is 19.4 Å². The normalized spacial score (nSPS) is 39.8. The molecule has 1 saturated heterocycles. The van der Waals surface area contributed by atoms with E-state index in [1.165, 1.54) is 0 Å². The molecule has 5 heteroatoms. The van der Waals surface area contributed by atoms with Crippen LogP contribution < -0.4 is 0 Å². The van der Waals surface area contributed by atoms with Gasteiger partial charge >= 0.3 is 5.97 Å². The first-order chi connectivity index (χ1) is 8.94. The fourth-order valence-corrected chi connectivity index (χ4v) is 3.94. The van der Waals surface area contributed by atoms with E-state index < -0.39 is 17.3 Å². The lowest BCUT2D eigenvalue weighted by atomic mass is 10.1. The van der Waals surface area contributed by atoms with E-state index in [1.54, 1.807) is 0 Å². The van der Waals surface area contributed by atoms with Gasteiger partial charge in [-0.15, -0.1) is 0 Å². The molecular formula is C14H21NO4. The fourth-order valence-electron chi connectivity index (χ4n) is 3.94. The number of ether oxygens (including phenoxy) is 1. The summed E-state index contributed by atoms with van der Waals surface area (Å²) in [6, 6.07) is 0.173. The van der Waals surface area contributed by atoms with Gasteiger partial charge in [0.1, 0.15) is 0 Å². The van der Waals surface area contributed by atoms with Crippen LogP contribution in [-0.4, -0.2) is 47.2 Å². The van der Waals surface area contributed by atoms with Crippen LogP contribution in [0.2, 0.25) is 0 Å². The second-order valence-corrected chi connectivity index (χ2v) is 6.55. The summed E-state index contributed by atoms with van der Waals surface area (Å²) in [6.45, 7) is 4.94. The first-order valence-electron chi connectivity index (χ1n) is 7.09. The van der Waals surface area contributed by atoms with Gasteiger partial charge < -0.3 is 14.7 Å². The largest absolute Gasteiger partial charge is 0.481 e. The van der Waals surface area contributed by atoms with Crippen molar-refractivity contribution in [3.05, 3.63) is 0 Å². The number of hydrogen-bond donors (Lipinski definition) is 1. The van der Waals surface area contributed by atoms with Gasteiger partial charge in [0.05, 0.1) is 30.6 Å². The van der Waals surface area contributed by atoms with E-state index >= 15 is 0 Å². The molecule has 0 aromatic rings. The van der Waals surface area contributed by atoms with Crippen molar-refractivity contribution in [3.63, 3.8) is 0 Å². The van der Waals surface area contributed by atoms with E-state index in [0.29, 0.717) is 13.2 Å². The molecule has 4 unspecified atom stereocenters. The van der Waals surface area contributed by atoms with Crippen LogP contribution in [0, 0.1) is 17.3 Å². The Labute approximate surface area is 112 Å². The van der Waals surface area contributed by atoms with Crippen molar-refractivity contribution in [2.75, 3.05) is 13.2 Å². The molecule has 0 aromatic carbocycles. The smallest absolute Gasteiger partial charge is 0.307 e. The van der Waals surface area contributed by atoms with Gasteiger partial charge in [0.2, 0.25) is 5.91 Å². The van der Waals surface area contributed by atoms with Crippen LogP contribution in [0.5, 0.6) is 0 Å². The summed E-state index contributed by atoms with van der Waals surface area (Å²) in [5.74, 6) is -1.70. The highest BCUT2D eigenvalue weighted by atomic mass is 16.5. The van der Waals surface area contributed by atoms with Gasteiger partial charge in [-0.2, -0.15) is 0 Å². The third-order valence-corrected chi connectivity index (χ3v) is 5.12. The lowest BCUT2D eigenvalue weighted by Crippen LogP contribution is -2.52. The van der Waals surface area contributed by atoms with Crippen molar-refractivity contribution in [2.24, 2.45) is 17.3 Å². The van der Waals surface area contributed by atoms with E-state index in [2.05, 4.69) is 0 Å². The van der Waals surface area contributed by atoms with Crippen LogP contribution in [-0.2, 0) is 14.3 Å². The molecule has 106 valence electrons. The molecule has 5 nitrogen and oxygen atoms in total. The number of carboxylic acids is 1. The summed E-state index contributed by atoms with van der Waals surface area (Å²) in [5.41, 5.74) is -0.407. The number of hydrogen-bond acceptors (Lipinski definition) is 3. The maximum absolute atomic E-state index is 12.6. The fraction of sp³-hybridized carbons (Fsp3) is 0.857. The minimum absolute atomic E-state index is 0.0256. The van der Waals surface area contributed by atoms with Crippen molar-refractivity contribution in [1.29, 1.82) is 0 Å². The molecule has 0 spiro atoms. The Balaban J connectivity index is 1.76. The summed E-state index contributed by atoms with van der Waals surface area (Å²) in [6.07, 6.45) is 3.27. The molecule has 3 aliphatic rings. The number of carbonyl (C=O) groups excluding carboxylic acids is 1. The molecule has 3 fully saturated rings. The second-order valence-electron chi connectivity index (χ2n) is 6.55. The van der Waals surface area contributed by atoms with Gasteiger partial charge in [-0.25, -0.2) is 0 Å². The standard InChI is InChI=1S/C14H21NO4/c1-14(2)10(11(14)13(17)18)12(16)15-6-7-19-9-5-3-4-8(9)15/h8-11H,3-7H2,1-2H3,(H,17,18). The molecule has 1 N–H and O–H groups in total. The third kappa shape index (κ3) is 1.86. The predicted octanol–water partition coefficient (Wildman–Crippen LogP) is 1.12. The molecule has 0 aromatic heterocycles. The number of nitrogens with zero attached hydrogens (tertiary/aromatic N) is 1. The summed E-state index contributed by atoms with van der Waals surface area (Å²) >= 11 is 0. The second kappa shape index (κ2) is 4.20. The van der Waals surface area contributed by atoms with Crippen molar-refractivity contribution in [1.82, 2.24) is 4.90 Å². The molecule has 0 radical (unpaired) electrons. The van der Waals surface area contributed by atoms with E-state index in [-0.39, 0.29) is 24.0 Å².